The molecule has 0 aliphatic rings. The second-order valence-electron chi connectivity index (χ2n) is 3.14. The van der Waals surface area contributed by atoms with Gasteiger partial charge in [-0.1, -0.05) is 27.7 Å². The zero-order chi connectivity index (χ0) is 8.85. The van der Waals surface area contributed by atoms with Gasteiger partial charge in [-0.3, -0.25) is 4.79 Å². The Hall–Kier alpha value is 0.0200. The zero-order valence-corrected chi connectivity index (χ0v) is 8.70. The van der Waals surface area contributed by atoms with Crippen LogP contribution < -0.4 is 0 Å². The number of thioether (sulfide) groups is 1. The van der Waals surface area contributed by atoms with E-state index < -0.39 is 0 Å². The molecular weight excluding hydrogens is 156 g/mol. The first-order valence-corrected chi connectivity index (χ1v) is 5.27. The molecule has 0 aliphatic heterocycles. The number of ketones is 1. The Morgan fingerprint density at radius 2 is 1.91 bits per heavy atom. The van der Waals surface area contributed by atoms with Gasteiger partial charge in [0.1, 0.15) is 5.78 Å². The molecular formula is C9H18OS. The largest absolute Gasteiger partial charge is 0.298 e. The van der Waals surface area contributed by atoms with Crippen molar-refractivity contribution in [3.63, 3.8) is 0 Å². The molecule has 1 atom stereocenters. The van der Waals surface area contributed by atoms with Gasteiger partial charge in [0.2, 0.25) is 0 Å². The minimum absolute atomic E-state index is 0.251. The highest BCUT2D eigenvalue weighted by Crippen LogP contribution is 2.12. The summed E-state index contributed by atoms with van der Waals surface area (Å²) in [6, 6.07) is 0. The van der Waals surface area contributed by atoms with Crippen LogP contribution in [0.25, 0.3) is 0 Å². The maximum atomic E-state index is 11.3. The standard InChI is InChI=1S/C9H18OS/c1-5-8(4)9(10)6-11-7(2)3/h7-8H,5-6H2,1-4H3. The van der Waals surface area contributed by atoms with Gasteiger partial charge in [0.15, 0.2) is 0 Å². The second kappa shape index (κ2) is 5.64. The summed E-state index contributed by atoms with van der Waals surface area (Å²) < 4.78 is 0. The van der Waals surface area contributed by atoms with Crippen molar-refractivity contribution in [1.82, 2.24) is 0 Å². The average molecular weight is 174 g/mol. The summed E-state index contributed by atoms with van der Waals surface area (Å²) in [5.74, 6) is 1.33. The third kappa shape index (κ3) is 5.31. The summed E-state index contributed by atoms with van der Waals surface area (Å²) in [5, 5.41) is 0.572. The Labute approximate surface area is 73.9 Å². The Bertz CT molecular complexity index is 121. The molecule has 0 rings (SSSR count). The normalized spacial score (nSPS) is 13.5. The highest BCUT2D eigenvalue weighted by molar-refractivity contribution is 8.00. The third-order valence-electron chi connectivity index (χ3n) is 1.72. The molecule has 0 aromatic carbocycles. The molecule has 0 aliphatic carbocycles. The van der Waals surface area contributed by atoms with Crippen molar-refractivity contribution < 1.29 is 4.79 Å². The van der Waals surface area contributed by atoms with Gasteiger partial charge in [0.05, 0.1) is 5.75 Å². The van der Waals surface area contributed by atoms with E-state index in [0.717, 1.165) is 6.42 Å². The molecule has 0 radical (unpaired) electrons. The van der Waals surface area contributed by atoms with Crippen LogP contribution >= 0.6 is 11.8 Å². The van der Waals surface area contributed by atoms with Crippen LogP contribution in [0, 0.1) is 5.92 Å². The van der Waals surface area contributed by atoms with Crippen molar-refractivity contribution in [2.45, 2.75) is 39.4 Å². The van der Waals surface area contributed by atoms with Crippen LogP contribution in [0.15, 0.2) is 0 Å². The van der Waals surface area contributed by atoms with Crippen LogP contribution in [0.1, 0.15) is 34.1 Å². The van der Waals surface area contributed by atoms with Crippen LogP contribution in [-0.2, 0) is 4.79 Å². The highest BCUT2D eigenvalue weighted by Gasteiger charge is 2.10. The Balaban J connectivity index is 3.52. The number of Topliss-reactive ketones (excluding diaryl/α,β-unsaturated/α-hetero) is 1. The quantitative estimate of drug-likeness (QED) is 0.637. The summed E-state index contributed by atoms with van der Waals surface area (Å²) in [5.41, 5.74) is 0. The number of carbonyl (C=O) groups excluding carboxylic acids is 1. The molecule has 0 N–H and O–H groups in total. The van der Waals surface area contributed by atoms with Crippen LogP contribution in [0.5, 0.6) is 0 Å². The van der Waals surface area contributed by atoms with Crippen LogP contribution in [0.3, 0.4) is 0 Å². The fourth-order valence-corrected chi connectivity index (χ4v) is 1.40. The molecule has 0 spiro atoms. The molecule has 0 saturated heterocycles. The lowest BCUT2D eigenvalue weighted by molar-refractivity contribution is -0.119. The van der Waals surface area contributed by atoms with Gasteiger partial charge in [-0.2, -0.15) is 11.8 Å². The van der Waals surface area contributed by atoms with E-state index >= 15 is 0 Å². The first-order valence-electron chi connectivity index (χ1n) is 4.22. The maximum absolute atomic E-state index is 11.3. The monoisotopic (exact) mass is 174 g/mol. The Kier molecular flexibility index (Phi) is 5.65. The molecule has 0 fully saturated rings. The molecule has 0 heterocycles. The van der Waals surface area contributed by atoms with Gasteiger partial charge in [-0.15, -0.1) is 0 Å². The summed E-state index contributed by atoms with van der Waals surface area (Å²) in [6.07, 6.45) is 0.970. The van der Waals surface area contributed by atoms with Crippen LogP contribution in [-0.4, -0.2) is 16.8 Å². The van der Waals surface area contributed by atoms with Crippen molar-refractivity contribution in [2.24, 2.45) is 5.92 Å². The van der Waals surface area contributed by atoms with Crippen LogP contribution in [0.4, 0.5) is 0 Å². The van der Waals surface area contributed by atoms with Crippen LogP contribution in [0.2, 0.25) is 0 Å². The molecule has 0 bridgehead atoms. The Morgan fingerprint density at radius 1 is 1.36 bits per heavy atom. The van der Waals surface area contributed by atoms with Crippen molar-refractivity contribution >= 4 is 17.5 Å². The van der Waals surface area contributed by atoms with Crippen molar-refractivity contribution in [1.29, 1.82) is 0 Å². The van der Waals surface area contributed by atoms with E-state index in [1.54, 1.807) is 11.8 Å². The summed E-state index contributed by atoms with van der Waals surface area (Å²) in [6.45, 7) is 8.30. The molecule has 1 unspecified atom stereocenters. The first kappa shape index (κ1) is 11.0. The van der Waals surface area contributed by atoms with E-state index in [2.05, 4.69) is 20.8 Å². The van der Waals surface area contributed by atoms with Crippen molar-refractivity contribution in [2.75, 3.05) is 5.75 Å². The minimum Gasteiger partial charge on any atom is -0.298 e. The van der Waals surface area contributed by atoms with Gasteiger partial charge in [-0.25, -0.2) is 0 Å². The number of rotatable bonds is 5. The SMILES string of the molecule is CCC(C)C(=O)CSC(C)C. The van der Waals surface area contributed by atoms with Gasteiger partial charge >= 0.3 is 0 Å². The van der Waals surface area contributed by atoms with Gasteiger partial charge in [-0.05, 0) is 11.7 Å². The highest BCUT2D eigenvalue weighted by atomic mass is 32.2. The summed E-state index contributed by atoms with van der Waals surface area (Å²) in [7, 11) is 0. The Morgan fingerprint density at radius 3 is 2.27 bits per heavy atom. The molecule has 0 aromatic heterocycles. The summed E-state index contributed by atoms with van der Waals surface area (Å²) >= 11 is 1.73. The van der Waals surface area contributed by atoms with E-state index in [1.807, 2.05) is 6.92 Å². The van der Waals surface area contributed by atoms with Gasteiger partial charge in [0.25, 0.3) is 0 Å². The number of hydrogen-bond donors (Lipinski definition) is 0. The molecule has 11 heavy (non-hydrogen) atoms. The molecule has 0 aromatic rings. The first-order chi connectivity index (χ1) is 5.07. The van der Waals surface area contributed by atoms with Crippen molar-refractivity contribution in [3.05, 3.63) is 0 Å². The zero-order valence-electron chi connectivity index (χ0n) is 7.89. The fraction of sp³-hybridized carbons (Fsp3) is 0.889. The smallest absolute Gasteiger partial charge is 0.145 e. The minimum atomic E-state index is 0.251. The third-order valence-corrected chi connectivity index (χ3v) is 2.84. The van der Waals surface area contributed by atoms with E-state index in [1.165, 1.54) is 0 Å². The number of carbonyl (C=O) groups is 1. The molecule has 1 nitrogen and oxygen atoms in total. The van der Waals surface area contributed by atoms with E-state index in [-0.39, 0.29) is 5.92 Å². The molecule has 0 amide bonds. The lowest BCUT2D eigenvalue weighted by Crippen LogP contribution is -2.13. The van der Waals surface area contributed by atoms with Gasteiger partial charge < -0.3 is 0 Å². The molecule has 2 heteroatoms. The maximum Gasteiger partial charge on any atom is 0.145 e. The summed E-state index contributed by atoms with van der Waals surface area (Å²) in [4.78, 5) is 11.3. The van der Waals surface area contributed by atoms with E-state index in [0.29, 0.717) is 16.8 Å². The van der Waals surface area contributed by atoms with E-state index in [4.69, 9.17) is 0 Å². The lowest BCUT2D eigenvalue weighted by atomic mass is 10.1. The second-order valence-corrected chi connectivity index (χ2v) is 4.70. The topological polar surface area (TPSA) is 17.1 Å². The van der Waals surface area contributed by atoms with Gasteiger partial charge in [0, 0.05) is 5.92 Å². The number of hydrogen-bond acceptors (Lipinski definition) is 2. The lowest BCUT2D eigenvalue weighted by Gasteiger charge is -2.08. The fourth-order valence-electron chi connectivity index (χ4n) is 0.619. The predicted molar refractivity (Wildman–Crippen MR) is 52.1 cm³/mol. The average Bonchev–Trinajstić information content (AvgIpc) is 1.98. The predicted octanol–water partition coefficient (Wildman–Crippen LogP) is 2.74. The van der Waals surface area contributed by atoms with E-state index in [9.17, 15) is 4.79 Å². The molecule has 0 saturated carbocycles. The van der Waals surface area contributed by atoms with Crippen molar-refractivity contribution in [3.8, 4) is 0 Å². The molecule has 66 valence electrons.